The van der Waals surface area contributed by atoms with Gasteiger partial charge in [-0.15, -0.1) is 0 Å². The largest absolute Gasteiger partial charge is 0.0654 e. The molecule has 0 saturated heterocycles. The third-order valence-electron chi connectivity index (χ3n) is 4.29. The van der Waals surface area contributed by atoms with Gasteiger partial charge in [0.1, 0.15) is 0 Å². The van der Waals surface area contributed by atoms with Crippen LogP contribution < -0.4 is 0 Å². The molecule has 0 rings (SSSR count). The van der Waals surface area contributed by atoms with Crippen molar-refractivity contribution in [2.75, 3.05) is 0 Å². The predicted molar refractivity (Wildman–Crippen MR) is 75.7 cm³/mol. The van der Waals surface area contributed by atoms with Crippen molar-refractivity contribution >= 4 is 0 Å². The third kappa shape index (κ3) is 5.92. The van der Waals surface area contributed by atoms with Crippen LogP contribution in [0.4, 0.5) is 0 Å². The third-order valence-corrected chi connectivity index (χ3v) is 4.29. The van der Waals surface area contributed by atoms with E-state index in [1.54, 1.807) is 0 Å². The molecule has 0 aromatic heterocycles. The molecule has 0 amide bonds. The molecular formula is C16H34. The first-order valence-electron chi connectivity index (χ1n) is 7.56. The molecule has 16 heavy (non-hydrogen) atoms. The molecule has 0 heterocycles. The van der Waals surface area contributed by atoms with Crippen LogP contribution >= 0.6 is 0 Å². The van der Waals surface area contributed by atoms with E-state index >= 15 is 0 Å². The molecule has 0 N–H and O–H groups in total. The van der Waals surface area contributed by atoms with Crippen molar-refractivity contribution in [2.24, 2.45) is 23.7 Å². The Morgan fingerprint density at radius 1 is 0.875 bits per heavy atom. The van der Waals surface area contributed by atoms with Gasteiger partial charge in [0.25, 0.3) is 0 Å². The van der Waals surface area contributed by atoms with Crippen LogP contribution in [0.3, 0.4) is 0 Å². The molecule has 0 radical (unpaired) electrons. The summed E-state index contributed by atoms with van der Waals surface area (Å²) in [6.45, 7) is 14.3. The van der Waals surface area contributed by atoms with E-state index < -0.39 is 0 Å². The first kappa shape index (κ1) is 16.0. The molecule has 98 valence electrons. The summed E-state index contributed by atoms with van der Waals surface area (Å²) in [4.78, 5) is 0. The van der Waals surface area contributed by atoms with E-state index in [-0.39, 0.29) is 0 Å². The van der Waals surface area contributed by atoms with E-state index in [0.717, 1.165) is 23.7 Å². The standard InChI is InChI=1S/C16H34/c1-7-10-11-15(9-3)16(13(4)5)12-14(6)8-2/h13-16H,7-12H2,1-6H3. The normalized spacial score (nSPS) is 17.4. The molecule has 0 aliphatic carbocycles. The van der Waals surface area contributed by atoms with Crippen LogP contribution in [0.5, 0.6) is 0 Å². The minimum Gasteiger partial charge on any atom is -0.0654 e. The molecule has 0 aliphatic rings. The Labute approximate surface area is 104 Å². The maximum atomic E-state index is 2.42. The van der Waals surface area contributed by atoms with Crippen LogP contribution in [0, 0.1) is 23.7 Å². The van der Waals surface area contributed by atoms with Gasteiger partial charge in [0, 0.05) is 0 Å². The SMILES string of the molecule is CCCCC(CC)C(CC(C)CC)C(C)C. The molecule has 0 fully saturated rings. The van der Waals surface area contributed by atoms with Crippen molar-refractivity contribution in [3.8, 4) is 0 Å². The molecule has 3 atom stereocenters. The first-order chi connectivity index (χ1) is 7.56. The van der Waals surface area contributed by atoms with Crippen molar-refractivity contribution in [3.63, 3.8) is 0 Å². The smallest absolute Gasteiger partial charge is 0.0360 e. The molecule has 0 nitrogen and oxygen atoms in total. The van der Waals surface area contributed by atoms with Crippen molar-refractivity contribution in [3.05, 3.63) is 0 Å². The van der Waals surface area contributed by atoms with E-state index in [1.165, 1.54) is 38.5 Å². The molecule has 0 aliphatic heterocycles. The predicted octanol–water partition coefficient (Wildman–Crippen LogP) is 5.91. The second kappa shape index (κ2) is 9.07. The van der Waals surface area contributed by atoms with Crippen LogP contribution in [0.15, 0.2) is 0 Å². The molecule has 3 unspecified atom stereocenters. The Bertz CT molecular complexity index is 148. The lowest BCUT2D eigenvalue weighted by molar-refractivity contribution is 0.188. The fourth-order valence-electron chi connectivity index (χ4n) is 2.83. The maximum absolute atomic E-state index is 2.42. The zero-order chi connectivity index (χ0) is 12.6. The highest BCUT2D eigenvalue weighted by Crippen LogP contribution is 2.34. The lowest BCUT2D eigenvalue weighted by Gasteiger charge is -2.31. The second-order valence-electron chi connectivity index (χ2n) is 5.97. The van der Waals surface area contributed by atoms with E-state index in [0.29, 0.717) is 0 Å². The minimum absolute atomic E-state index is 0.857. The number of hydrogen-bond acceptors (Lipinski definition) is 0. The van der Waals surface area contributed by atoms with Gasteiger partial charge < -0.3 is 0 Å². The monoisotopic (exact) mass is 226 g/mol. The molecule has 0 saturated carbocycles. The van der Waals surface area contributed by atoms with Crippen LogP contribution in [-0.2, 0) is 0 Å². The van der Waals surface area contributed by atoms with Crippen LogP contribution in [0.25, 0.3) is 0 Å². The summed E-state index contributed by atoms with van der Waals surface area (Å²) in [5.74, 6) is 3.68. The zero-order valence-corrected chi connectivity index (χ0v) is 12.6. The summed E-state index contributed by atoms with van der Waals surface area (Å²) in [6.07, 6.45) is 8.38. The fourth-order valence-corrected chi connectivity index (χ4v) is 2.83. The molecule has 0 aromatic carbocycles. The summed E-state index contributed by atoms with van der Waals surface area (Å²) in [5.41, 5.74) is 0. The molecule has 0 heteroatoms. The Kier molecular flexibility index (Phi) is 9.07. The summed E-state index contributed by atoms with van der Waals surface area (Å²) in [6, 6.07) is 0. The molecular weight excluding hydrogens is 192 g/mol. The van der Waals surface area contributed by atoms with Crippen LogP contribution in [0.2, 0.25) is 0 Å². The van der Waals surface area contributed by atoms with Crippen molar-refractivity contribution < 1.29 is 0 Å². The highest BCUT2D eigenvalue weighted by molar-refractivity contribution is 4.74. The number of hydrogen-bond donors (Lipinski definition) is 0. The lowest BCUT2D eigenvalue weighted by Crippen LogP contribution is -2.22. The van der Waals surface area contributed by atoms with E-state index in [1.807, 2.05) is 0 Å². The topological polar surface area (TPSA) is 0 Å². The number of rotatable bonds is 9. The summed E-state index contributed by atoms with van der Waals surface area (Å²) < 4.78 is 0. The van der Waals surface area contributed by atoms with Crippen molar-refractivity contribution in [1.82, 2.24) is 0 Å². The van der Waals surface area contributed by atoms with Gasteiger partial charge in [-0.3, -0.25) is 0 Å². The molecule has 0 aromatic rings. The average molecular weight is 226 g/mol. The Hall–Kier alpha value is 0. The van der Waals surface area contributed by atoms with Gasteiger partial charge in [0.05, 0.1) is 0 Å². The van der Waals surface area contributed by atoms with Gasteiger partial charge in [-0.25, -0.2) is 0 Å². The summed E-state index contributed by atoms with van der Waals surface area (Å²) in [7, 11) is 0. The minimum atomic E-state index is 0.857. The number of unbranched alkanes of at least 4 members (excludes halogenated alkanes) is 1. The van der Waals surface area contributed by atoms with Gasteiger partial charge >= 0.3 is 0 Å². The average Bonchev–Trinajstić information content (AvgIpc) is 2.27. The van der Waals surface area contributed by atoms with Crippen molar-refractivity contribution in [2.45, 2.75) is 80.1 Å². The Balaban J connectivity index is 4.34. The molecule has 0 spiro atoms. The second-order valence-corrected chi connectivity index (χ2v) is 5.97. The summed E-state index contributed by atoms with van der Waals surface area (Å²) in [5, 5.41) is 0. The van der Waals surface area contributed by atoms with Crippen LogP contribution in [0.1, 0.15) is 80.1 Å². The van der Waals surface area contributed by atoms with Gasteiger partial charge in [0.15, 0.2) is 0 Å². The Morgan fingerprint density at radius 2 is 1.50 bits per heavy atom. The van der Waals surface area contributed by atoms with Gasteiger partial charge in [-0.1, -0.05) is 73.6 Å². The van der Waals surface area contributed by atoms with Crippen molar-refractivity contribution in [1.29, 1.82) is 0 Å². The van der Waals surface area contributed by atoms with E-state index in [9.17, 15) is 0 Å². The van der Waals surface area contributed by atoms with Gasteiger partial charge in [-0.2, -0.15) is 0 Å². The van der Waals surface area contributed by atoms with Gasteiger partial charge in [-0.05, 0) is 30.1 Å². The summed E-state index contributed by atoms with van der Waals surface area (Å²) >= 11 is 0. The first-order valence-corrected chi connectivity index (χ1v) is 7.56. The zero-order valence-electron chi connectivity index (χ0n) is 12.6. The van der Waals surface area contributed by atoms with E-state index in [4.69, 9.17) is 0 Å². The van der Waals surface area contributed by atoms with Gasteiger partial charge in [0.2, 0.25) is 0 Å². The van der Waals surface area contributed by atoms with E-state index in [2.05, 4.69) is 41.5 Å². The lowest BCUT2D eigenvalue weighted by atomic mass is 9.74. The fraction of sp³-hybridized carbons (Fsp3) is 1.00. The highest BCUT2D eigenvalue weighted by Gasteiger charge is 2.24. The molecule has 0 bridgehead atoms. The van der Waals surface area contributed by atoms with Crippen LogP contribution in [-0.4, -0.2) is 0 Å². The Morgan fingerprint density at radius 3 is 1.88 bits per heavy atom. The maximum Gasteiger partial charge on any atom is -0.0360 e. The highest BCUT2D eigenvalue weighted by atomic mass is 14.3. The quantitative estimate of drug-likeness (QED) is 0.458.